The van der Waals surface area contributed by atoms with E-state index in [-0.39, 0.29) is 26.2 Å². The highest BCUT2D eigenvalue weighted by Gasteiger charge is 2.50. The van der Waals surface area contributed by atoms with Gasteiger partial charge in [-0.15, -0.1) is 6.58 Å². The Morgan fingerprint density at radius 2 is 0.955 bits per heavy atom. The minimum Gasteiger partial charge on any atom is -0.456 e. The largest absolute Gasteiger partial charge is 0.456 e. The van der Waals surface area contributed by atoms with Crippen LogP contribution in [0.15, 0.2) is 134 Å². The van der Waals surface area contributed by atoms with Gasteiger partial charge in [-0.2, -0.15) is 0 Å². The Labute approximate surface area is 258 Å². The van der Waals surface area contributed by atoms with Crippen molar-refractivity contribution in [1.29, 1.82) is 0 Å². The molecule has 0 N–H and O–H groups in total. The van der Waals surface area contributed by atoms with E-state index < -0.39 is 42.5 Å². The zero-order valence-corrected chi connectivity index (χ0v) is 24.4. The molecule has 1 saturated carbocycles. The molecule has 7 heteroatoms. The van der Waals surface area contributed by atoms with Crippen molar-refractivity contribution in [3.8, 4) is 0 Å². The molecule has 5 atom stereocenters. The summed E-state index contributed by atoms with van der Waals surface area (Å²) >= 11 is 0. The predicted molar refractivity (Wildman–Crippen MR) is 166 cm³/mol. The quantitative estimate of drug-likeness (QED) is 0.128. The molecule has 0 radical (unpaired) electrons. The number of carbonyl (C=O) groups is 2. The summed E-state index contributed by atoms with van der Waals surface area (Å²) in [6.07, 6.45) is -2.10. The van der Waals surface area contributed by atoms with E-state index in [0.717, 1.165) is 11.1 Å². The van der Waals surface area contributed by atoms with E-state index in [4.69, 9.17) is 23.7 Å². The zero-order valence-electron chi connectivity index (χ0n) is 24.4. The molecule has 0 amide bonds. The topological polar surface area (TPSA) is 80.3 Å². The van der Waals surface area contributed by atoms with Crippen LogP contribution in [0.5, 0.6) is 0 Å². The molecule has 0 aromatic heterocycles. The lowest BCUT2D eigenvalue weighted by Crippen LogP contribution is -2.60. The van der Waals surface area contributed by atoms with Gasteiger partial charge in [0.2, 0.25) is 0 Å². The van der Waals surface area contributed by atoms with Crippen LogP contribution in [0.25, 0.3) is 0 Å². The second kappa shape index (κ2) is 15.8. The first-order valence-corrected chi connectivity index (χ1v) is 14.7. The van der Waals surface area contributed by atoms with Gasteiger partial charge in [-0.1, -0.05) is 103 Å². The molecule has 44 heavy (non-hydrogen) atoms. The SMILES string of the molecule is C=CCO[C@H]1[C@H](OCc2ccccc2)[C@@H](OCc2ccccc2)[C@@H](OC(=O)c2ccccc2)C[C@@H]1OC(=O)c1ccccc1. The summed E-state index contributed by atoms with van der Waals surface area (Å²) in [4.78, 5) is 26.6. The van der Waals surface area contributed by atoms with Crippen molar-refractivity contribution in [2.75, 3.05) is 6.61 Å². The molecule has 4 aromatic carbocycles. The summed E-state index contributed by atoms with van der Waals surface area (Å²) in [6, 6.07) is 37.0. The Morgan fingerprint density at radius 3 is 1.39 bits per heavy atom. The number of carbonyl (C=O) groups excluding carboxylic acids is 2. The van der Waals surface area contributed by atoms with E-state index in [0.29, 0.717) is 11.1 Å². The molecule has 0 aliphatic heterocycles. The first-order chi connectivity index (χ1) is 21.6. The van der Waals surface area contributed by atoms with E-state index in [2.05, 4.69) is 6.58 Å². The van der Waals surface area contributed by atoms with Crippen molar-refractivity contribution in [3.63, 3.8) is 0 Å². The molecule has 0 saturated heterocycles. The van der Waals surface area contributed by atoms with Gasteiger partial charge in [0.15, 0.2) is 0 Å². The first kappa shape index (κ1) is 30.9. The lowest BCUT2D eigenvalue weighted by atomic mass is 9.86. The van der Waals surface area contributed by atoms with Crippen LogP contribution in [-0.4, -0.2) is 49.1 Å². The Hall–Kier alpha value is -4.56. The predicted octanol–water partition coefficient (Wildman–Crippen LogP) is 6.58. The van der Waals surface area contributed by atoms with E-state index >= 15 is 0 Å². The van der Waals surface area contributed by atoms with Gasteiger partial charge in [0, 0.05) is 6.42 Å². The molecule has 0 heterocycles. The Balaban J connectivity index is 1.49. The highest BCUT2D eigenvalue weighted by Crippen LogP contribution is 2.34. The Bertz CT molecular complexity index is 1460. The molecule has 1 aliphatic rings. The average Bonchev–Trinajstić information content (AvgIpc) is 3.08. The van der Waals surface area contributed by atoms with Crippen LogP contribution in [0.1, 0.15) is 38.3 Å². The molecule has 1 aliphatic carbocycles. The Kier molecular flexibility index (Phi) is 11.1. The van der Waals surface area contributed by atoms with E-state index in [1.807, 2.05) is 72.8 Å². The molecule has 0 unspecified atom stereocenters. The maximum atomic E-state index is 13.4. The lowest BCUT2D eigenvalue weighted by Gasteiger charge is -2.45. The van der Waals surface area contributed by atoms with Crippen LogP contribution in [0, 0.1) is 0 Å². The molecule has 1 fully saturated rings. The number of esters is 2. The summed E-state index contributed by atoms with van der Waals surface area (Å²) in [7, 11) is 0. The number of hydrogen-bond donors (Lipinski definition) is 0. The fraction of sp³-hybridized carbons (Fsp3) is 0.243. The van der Waals surface area contributed by atoms with Crippen LogP contribution in [-0.2, 0) is 36.9 Å². The van der Waals surface area contributed by atoms with Gasteiger partial charge in [-0.05, 0) is 35.4 Å². The minimum absolute atomic E-state index is 0.142. The lowest BCUT2D eigenvalue weighted by molar-refractivity contribution is -0.226. The van der Waals surface area contributed by atoms with E-state index in [9.17, 15) is 9.59 Å². The monoisotopic (exact) mass is 592 g/mol. The van der Waals surface area contributed by atoms with Crippen LogP contribution in [0.4, 0.5) is 0 Å². The van der Waals surface area contributed by atoms with Crippen LogP contribution in [0.2, 0.25) is 0 Å². The van der Waals surface area contributed by atoms with Crippen molar-refractivity contribution < 1.29 is 33.3 Å². The maximum absolute atomic E-state index is 13.4. The van der Waals surface area contributed by atoms with Crippen molar-refractivity contribution in [2.45, 2.75) is 50.2 Å². The molecule has 4 aromatic rings. The molecule has 5 rings (SSSR count). The van der Waals surface area contributed by atoms with Gasteiger partial charge >= 0.3 is 11.9 Å². The third-order valence-corrected chi connectivity index (χ3v) is 7.36. The summed E-state index contributed by atoms with van der Waals surface area (Å²) in [5.74, 6) is -1.02. The normalized spacial score (nSPS) is 21.2. The minimum atomic E-state index is -0.815. The summed E-state index contributed by atoms with van der Waals surface area (Å²) in [5.41, 5.74) is 2.69. The van der Waals surface area contributed by atoms with Crippen LogP contribution in [0.3, 0.4) is 0 Å². The molecular formula is C37H36O7. The standard InChI is InChI=1S/C37H36O7/c1-2-23-40-33-31(43-36(38)29-19-11-5-12-20-29)24-32(44-37(39)30-21-13-6-14-22-30)34(41-25-27-15-7-3-8-16-27)35(33)42-26-28-17-9-4-10-18-28/h2-22,31-35H,1,23-26H2/t31-,32-,33+,34-,35-/m0/s1. The summed E-state index contributed by atoms with van der Waals surface area (Å²) in [5, 5.41) is 0. The van der Waals surface area contributed by atoms with Crippen LogP contribution >= 0.6 is 0 Å². The molecule has 7 nitrogen and oxygen atoms in total. The van der Waals surface area contributed by atoms with Gasteiger partial charge < -0.3 is 23.7 Å². The zero-order chi connectivity index (χ0) is 30.6. The molecular weight excluding hydrogens is 556 g/mol. The van der Waals surface area contributed by atoms with Crippen molar-refractivity contribution in [3.05, 3.63) is 156 Å². The third-order valence-electron chi connectivity index (χ3n) is 7.36. The molecule has 226 valence electrons. The number of rotatable bonds is 13. The number of hydrogen-bond acceptors (Lipinski definition) is 7. The number of benzene rings is 4. The highest BCUT2D eigenvalue weighted by molar-refractivity contribution is 5.90. The van der Waals surface area contributed by atoms with Crippen molar-refractivity contribution in [1.82, 2.24) is 0 Å². The van der Waals surface area contributed by atoms with E-state index in [1.54, 1.807) is 54.6 Å². The van der Waals surface area contributed by atoms with Crippen molar-refractivity contribution >= 4 is 11.9 Å². The third kappa shape index (κ3) is 8.29. The Morgan fingerprint density at radius 1 is 0.568 bits per heavy atom. The fourth-order valence-electron chi connectivity index (χ4n) is 5.20. The maximum Gasteiger partial charge on any atom is 0.338 e. The first-order valence-electron chi connectivity index (χ1n) is 14.7. The summed E-state index contributed by atoms with van der Waals surface area (Å²) in [6.45, 7) is 4.48. The van der Waals surface area contributed by atoms with Gasteiger partial charge in [0.05, 0.1) is 30.9 Å². The van der Waals surface area contributed by atoms with Crippen molar-refractivity contribution in [2.24, 2.45) is 0 Å². The van der Waals surface area contributed by atoms with Gasteiger partial charge in [0.1, 0.15) is 30.5 Å². The van der Waals surface area contributed by atoms with E-state index in [1.165, 1.54) is 0 Å². The summed E-state index contributed by atoms with van der Waals surface area (Å²) < 4.78 is 31.5. The van der Waals surface area contributed by atoms with Gasteiger partial charge in [-0.3, -0.25) is 0 Å². The van der Waals surface area contributed by atoms with Crippen LogP contribution < -0.4 is 0 Å². The molecule has 0 bridgehead atoms. The highest BCUT2D eigenvalue weighted by atomic mass is 16.6. The second-order valence-corrected chi connectivity index (χ2v) is 10.5. The average molecular weight is 593 g/mol. The molecule has 0 spiro atoms. The number of ether oxygens (including phenoxy) is 5. The second-order valence-electron chi connectivity index (χ2n) is 10.5. The van der Waals surface area contributed by atoms with Gasteiger partial charge in [0.25, 0.3) is 0 Å². The van der Waals surface area contributed by atoms with Gasteiger partial charge in [-0.25, -0.2) is 9.59 Å². The smallest absolute Gasteiger partial charge is 0.338 e. The fourth-order valence-corrected chi connectivity index (χ4v) is 5.20.